The molecule has 0 fully saturated rings. The van der Waals surface area contributed by atoms with Crippen LogP contribution in [-0.4, -0.2) is 29.0 Å². The summed E-state index contributed by atoms with van der Waals surface area (Å²) < 4.78 is 0. The molecule has 0 saturated heterocycles. The van der Waals surface area contributed by atoms with Gasteiger partial charge in [0.1, 0.15) is 16.4 Å². The lowest BCUT2D eigenvalue weighted by atomic mass is 10.2. The van der Waals surface area contributed by atoms with Gasteiger partial charge in [-0.25, -0.2) is 9.97 Å². The van der Waals surface area contributed by atoms with Crippen LogP contribution in [-0.2, 0) is 0 Å². The molecule has 0 saturated carbocycles. The molecule has 3 heterocycles. The van der Waals surface area contributed by atoms with Gasteiger partial charge in [0, 0.05) is 34.4 Å². The summed E-state index contributed by atoms with van der Waals surface area (Å²) in [5.74, 6) is 0.792. The fourth-order valence-corrected chi connectivity index (χ4v) is 4.02. The standard InChI is InChI=1S/C16H14ClN5S2/c17-11-4-1-3-10(7-11)14-20-12(8-23-14)13-9-24-16(21-13)22-15-18-5-2-6-19-15/h1,3-4,7-9H,2,5-6H2,(H2,18,19,21,22). The van der Waals surface area contributed by atoms with Crippen molar-refractivity contribution in [1.29, 1.82) is 0 Å². The molecule has 8 heteroatoms. The number of hydrogen-bond acceptors (Lipinski definition) is 7. The molecular weight excluding hydrogens is 362 g/mol. The van der Waals surface area contributed by atoms with E-state index in [1.54, 1.807) is 22.7 Å². The molecular formula is C16H14ClN5S2. The summed E-state index contributed by atoms with van der Waals surface area (Å²) >= 11 is 9.19. The van der Waals surface area contributed by atoms with Crippen molar-refractivity contribution in [3.8, 4) is 22.0 Å². The van der Waals surface area contributed by atoms with Gasteiger partial charge in [0.25, 0.3) is 0 Å². The number of guanidine groups is 1. The minimum atomic E-state index is 0.713. The third-order valence-corrected chi connectivity index (χ3v) is 5.35. The van der Waals surface area contributed by atoms with Crippen LogP contribution in [0.3, 0.4) is 0 Å². The van der Waals surface area contributed by atoms with Crippen LogP contribution in [0.2, 0.25) is 5.02 Å². The molecule has 0 bridgehead atoms. The molecule has 0 amide bonds. The van der Waals surface area contributed by atoms with Gasteiger partial charge in [-0.15, -0.1) is 22.7 Å². The molecule has 2 aromatic heterocycles. The molecule has 24 heavy (non-hydrogen) atoms. The fourth-order valence-electron chi connectivity index (χ4n) is 2.31. The van der Waals surface area contributed by atoms with Gasteiger partial charge in [-0.1, -0.05) is 23.7 Å². The van der Waals surface area contributed by atoms with E-state index in [9.17, 15) is 0 Å². The van der Waals surface area contributed by atoms with Crippen molar-refractivity contribution in [1.82, 2.24) is 15.3 Å². The predicted molar refractivity (Wildman–Crippen MR) is 102 cm³/mol. The molecule has 0 radical (unpaired) electrons. The zero-order valence-corrected chi connectivity index (χ0v) is 15.0. The normalized spacial score (nSPS) is 14.1. The number of thiazole rings is 2. The second-order valence-corrected chi connectivity index (χ2v) is 7.37. The van der Waals surface area contributed by atoms with Crippen LogP contribution in [0, 0.1) is 0 Å². The van der Waals surface area contributed by atoms with Crippen molar-refractivity contribution in [2.75, 3.05) is 18.4 Å². The van der Waals surface area contributed by atoms with Crippen molar-refractivity contribution in [3.63, 3.8) is 0 Å². The zero-order valence-electron chi connectivity index (χ0n) is 12.6. The predicted octanol–water partition coefficient (Wildman–Crippen LogP) is 4.35. The smallest absolute Gasteiger partial charge is 0.197 e. The molecule has 4 rings (SSSR count). The van der Waals surface area contributed by atoms with E-state index in [4.69, 9.17) is 11.6 Å². The van der Waals surface area contributed by atoms with Gasteiger partial charge in [-0.05, 0) is 18.6 Å². The fraction of sp³-hybridized carbons (Fsp3) is 0.188. The Morgan fingerprint density at radius 2 is 2.00 bits per heavy atom. The molecule has 1 aliphatic heterocycles. The summed E-state index contributed by atoms with van der Waals surface area (Å²) in [6, 6.07) is 7.72. The third kappa shape index (κ3) is 3.43. The number of aliphatic imine (C=N–C) groups is 1. The van der Waals surface area contributed by atoms with Gasteiger partial charge in [0.15, 0.2) is 11.1 Å². The largest absolute Gasteiger partial charge is 0.356 e. The quantitative estimate of drug-likeness (QED) is 0.714. The van der Waals surface area contributed by atoms with E-state index in [1.807, 2.05) is 35.0 Å². The SMILES string of the molecule is Clc1cccc(-c2nc(-c3csc(NC4=NCCCN4)n3)cs2)c1. The monoisotopic (exact) mass is 375 g/mol. The maximum Gasteiger partial charge on any atom is 0.197 e. The summed E-state index contributed by atoms with van der Waals surface area (Å²) in [6.07, 6.45) is 1.07. The van der Waals surface area contributed by atoms with E-state index >= 15 is 0 Å². The number of anilines is 1. The molecule has 0 spiro atoms. The lowest BCUT2D eigenvalue weighted by Crippen LogP contribution is -2.35. The van der Waals surface area contributed by atoms with Crippen molar-refractivity contribution in [2.45, 2.75) is 6.42 Å². The molecule has 122 valence electrons. The van der Waals surface area contributed by atoms with Crippen LogP contribution < -0.4 is 10.6 Å². The van der Waals surface area contributed by atoms with E-state index in [1.165, 1.54) is 0 Å². The Bertz CT molecular complexity index is 886. The Balaban J connectivity index is 1.53. The highest BCUT2D eigenvalue weighted by atomic mass is 35.5. The van der Waals surface area contributed by atoms with Crippen LogP contribution in [0.4, 0.5) is 5.13 Å². The van der Waals surface area contributed by atoms with E-state index in [-0.39, 0.29) is 0 Å². The Morgan fingerprint density at radius 3 is 2.83 bits per heavy atom. The van der Waals surface area contributed by atoms with E-state index in [2.05, 4.69) is 25.6 Å². The van der Waals surface area contributed by atoms with Crippen LogP contribution in [0.25, 0.3) is 22.0 Å². The maximum atomic E-state index is 6.06. The summed E-state index contributed by atoms with van der Waals surface area (Å²) in [6.45, 7) is 1.79. The number of benzene rings is 1. The highest BCUT2D eigenvalue weighted by Crippen LogP contribution is 2.31. The Kier molecular flexibility index (Phi) is 4.46. The number of nitrogens with one attached hydrogen (secondary N) is 2. The van der Waals surface area contributed by atoms with Gasteiger partial charge in [0.2, 0.25) is 0 Å². The first-order chi connectivity index (χ1) is 11.8. The molecule has 2 N–H and O–H groups in total. The van der Waals surface area contributed by atoms with Crippen molar-refractivity contribution in [2.24, 2.45) is 4.99 Å². The van der Waals surface area contributed by atoms with Crippen molar-refractivity contribution >= 4 is 45.4 Å². The third-order valence-electron chi connectivity index (χ3n) is 3.46. The molecule has 3 aromatic rings. The second kappa shape index (κ2) is 6.88. The first kappa shape index (κ1) is 15.6. The first-order valence-corrected chi connectivity index (χ1v) is 9.64. The van der Waals surface area contributed by atoms with Crippen LogP contribution in [0.15, 0.2) is 40.0 Å². The van der Waals surface area contributed by atoms with Gasteiger partial charge in [-0.2, -0.15) is 0 Å². The number of nitrogens with zero attached hydrogens (tertiary/aromatic N) is 3. The van der Waals surface area contributed by atoms with E-state index < -0.39 is 0 Å². The molecule has 0 atom stereocenters. The lowest BCUT2D eigenvalue weighted by molar-refractivity contribution is 0.740. The Hall–Kier alpha value is -1.96. The highest BCUT2D eigenvalue weighted by molar-refractivity contribution is 7.14. The molecule has 0 aliphatic carbocycles. The van der Waals surface area contributed by atoms with Gasteiger partial charge >= 0.3 is 0 Å². The van der Waals surface area contributed by atoms with Gasteiger partial charge < -0.3 is 10.6 Å². The van der Waals surface area contributed by atoms with Gasteiger partial charge in [0.05, 0.1) is 0 Å². The van der Waals surface area contributed by atoms with E-state index in [0.717, 1.165) is 52.6 Å². The lowest BCUT2D eigenvalue weighted by Gasteiger charge is -2.13. The Morgan fingerprint density at radius 1 is 1.12 bits per heavy atom. The summed E-state index contributed by atoms with van der Waals surface area (Å²) in [5.41, 5.74) is 2.76. The van der Waals surface area contributed by atoms with Crippen molar-refractivity contribution < 1.29 is 0 Å². The van der Waals surface area contributed by atoms with Crippen LogP contribution in [0.5, 0.6) is 0 Å². The summed E-state index contributed by atoms with van der Waals surface area (Å²) in [5, 5.41) is 12.9. The minimum Gasteiger partial charge on any atom is -0.356 e. The number of aromatic nitrogens is 2. The topological polar surface area (TPSA) is 62.2 Å². The highest BCUT2D eigenvalue weighted by Gasteiger charge is 2.12. The molecule has 5 nitrogen and oxygen atoms in total. The summed E-state index contributed by atoms with van der Waals surface area (Å²) in [7, 11) is 0. The van der Waals surface area contributed by atoms with Gasteiger partial charge in [-0.3, -0.25) is 4.99 Å². The van der Waals surface area contributed by atoms with Crippen LogP contribution >= 0.6 is 34.3 Å². The van der Waals surface area contributed by atoms with Crippen molar-refractivity contribution in [3.05, 3.63) is 40.0 Å². The molecule has 0 unspecified atom stereocenters. The number of halogens is 1. The number of rotatable bonds is 3. The average Bonchev–Trinajstić information content (AvgIpc) is 3.25. The second-order valence-electron chi connectivity index (χ2n) is 5.22. The first-order valence-electron chi connectivity index (χ1n) is 7.51. The molecule has 1 aromatic carbocycles. The summed E-state index contributed by atoms with van der Waals surface area (Å²) in [4.78, 5) is 13.7. The zero-order chi connectivity index (χ0) is 16.4. The minimum absolute atomic E-state index is 0.713. The maximum absolute atomic E-state index is 6.06. The Labute approximate surface area is 152 Å². The van der Waals surface area contributed by atoms with E-state index in [0.29, 0.717) is 5.02 Å². The van der Waals surface area contributed by atoms with Crippen LogP contribution in [0.1, 0.15) is 6.42 Å². The average molecular weight is 376 g/mol. The number of hydrogen-bond donors (Lipinski definition) is 2. The molecule has 1 aliphatic rings.